The molecule has 31 heavy (non-hydrogen) atoms. The van der Waals surface area contributed by atoms with Crippen molar-refractivity contribution in [1.82, 2.24) is 0 Å². The SMILES string of the molecule is CCOc1ccc(/C=C2\N=C([Se]c3ccc(C)cc3)N(c3ccc(F)cc3)C2=O)cc1. The van der Waals surface area contributed by atoms with Crippen molar-refractivity contribution >= 4 is 41.8 Å². The molecule has 0 aliphatic carbocycles. The van der Waals surface area contributed by atoms with Crippen LogP contribution in [0.2, 0.25) is 0 Å². The quantitative estimate of drug-likeness (QED) is 0.391. The molecular weight excluding hydrogens is 458 g/mol. The number of carbonyl (C=O) groups excluding carboxylic acids is 1. The van der Waals surface area contributed by atoms with Crippen LogP contribution in [0.4, 0.5) is 10.1 Å². The summed E-state index contributed by atoms with van der Waals surface area (Å²) in [5.41, 5.74) is 3.00. The molecule has 0 atom stereocenters. The molecule has 0 spiro atoms. The van der Waals surface area contributed by atoms with E-state index in [1.165, 1.54) is 17.7 Å². The van der Waals surface area contributed by atoms with Crippen molar-refractivity contribution in [3.63, 3.8) is 0 Å². The average molecular weight is 479 g/mol. The fourth-order valence-electron chi connectivity index (χ4n) is 3.08. The van der Waals surface area contributed by atoms with Crippen molar-refractivity contribution in [3.05, 3.63) is 95.4 Å². The first-order chi connectivity index (χ1) is 15.0. The third-order valence-electron chi connectivity index (χ3n) is 4.64. The van der Waals surface area contributed by atoms with Gasteiger partial charge < -0.3 is 0 Å². The third-order valence-corrected chi connectivity index (χ3v) is 6.66. The maximum absolute atomic E-state index is 13.5. The molecule has 4 nitrogen and oxygen atoms in total. The molecule has 1 heterocycles. The molecule has 3 aromatic carbocycles. The van der Waals surface area contributed by atoms with Crippen molar-refractivity contribution in [3.8, 4) is 5.75 Å². The van der Waals surface area contributed by atoms with Crippen molar-refractivity contribution in [2.24, 2.45) is 4.99 Å². The van der Waals surface area contributed by atoms with Crippen LogP contribution >= 0.6 is 0 Å². The van der Waals surface area contributed by atoms with E-state index in [1.807, 2.05) is 50.2 Å². The molecule has 0 bridgehead atoms. The van der Waals surface area contributed by atoms with Gasteiger partial charge in [0.25, 0.3) is 0 Å². The minimum absolute atomic E-state index is 0.188. The van der Waals surface area contributed by atoms with E-state index >= 15 is 0 Å². The van der Waals surface area contributed by atoms with Gasteiger partial charge in [0.05, 0.1) is 0 Å². The second kappa shape index (κ2) is 9.29. The fourth-order valence-corrected chi connectivity index (χ4v) is 4.98. The summed E-state index contributed by atoms with van der Waals surface area (Å²) in [6.45, 7) is 4.57. The predicted octanol–water partition coefficient (Wildman–Crippen LogP) is 4.31. The summed E-state index contributed by atoms with van der Waals surface area (Å²) in [4.78, 5) is 19.5. The molecule has 1 aliphatic heterocycles. The van der Waals surface area contributed by atoms with E-state index in [2.05, 4.69) is 17.1 Å². The minimum atomic E-state index is -0.344. The van der Waals surface area contributed by atoms with Crippen LogP contribution < -0.4 is 14.1 Å². The Morgan fingerprint density at radius 3 is 2.32 bits per heavy atom. The number of nitrogens with zero attached hydrogens (tertiary/aromatic N) is 2. The first kappa shape index (κ1) is 21.0. The molecule has 0 aromatic heterocycles. The zero-order valence-corrected chi connectivity index (χ0v) is 18.9. The molecule has 0 radical (unpaired) electrons. The van der Waals surface area contributed by atoms with E-state index in [0.29, 0.717) is 22.7 Å². The van der Waals surface area contributed by atoms with Gasteiger partial charge in [0.15, 0.2) is 0 Å². The number of carbonyl (C=O) groups is 1. The van der Waals surface area contributed by atoms with Gasteiger partial charge in [0.1, 0.15) is 0 Å². The first-order valence-corrected chi connectivity index (χ1v) is 11.6. The van der Waals surface area contributed by atoms with Gasteiger partial charge in [-0.05, 0) is 0 Å². The summed E-state index contributed by atoms with van der Waals surface area (Å²) in [5.74, 6) is 0.217. The van der Waals surface area contributed by atoms with Crippen LogP contribution in [-0.2, 0) is 4.79 Å². The average Bonchev–Trinajstić information content (AvgIpc) is 3.07. The summed E-state index contributed by atoms with van der Waals surface area (Å²) < 4.78 is 20.7. The summed E-state index contributed by atoms with van der Waals surface area (Å²) in [5, 5.41) is 0. The number of halogens is 1. The number of anilines is 1. The zero-order chi connectivity index (χ0) is 21.8. The Hall–Kier alpha value is -3.21. The first-order valence-electron chi connectivity index (χ1n) is 9.91. The van der Waals surface area contributed by atoms with Crippen LogP contribution in [0.25, 0.3) is 6.08 Å². The van der Waals surface area contributed by atoms with Crippen molar-refractivity contribution in [2.45, 2.75) is 13.8 Å². The van der Waals surface area contributed by atoms with E-state index in [9.17, 15) is 9.18 Å². The number of benzene rings is 3. The molecule has 0 fully saturated rings. The molecule has 0 unspecified atom stereocenters. The van der Waals surface area contributed by atoms with Crippen LogP contribution in [0.5, 0.6) is 5.75 Å². The van der Waals surface area contributed by atoms with E-state index in [1.54, 1.807) is 23.1 Å². The molecule has 1 aliphatic rings. The van der Waals surface area contributed by atoms with Crippen molar-refractivity contribution < 1.29 is 13.9 Å². The van der Waals surface area contributed by atoms with Crippen LogP contribution in [0.15, 0.2) is 83.5 Å². The summed E-state index contributed by atoms with van der Waals surface area (Å²) >= 11 is -0.188. The number of hydrogen-bond acceptors (Lipinski definition) is 3. The molecule has 0 saturated carbocycles. The summed E-state index contributed by atoms with van der Waals surface area (Å²) in [6.07, 6.45) is 1.77. The van der Waals surface area contributed by atoms with Gasteiger partial charge in [0.2, 0.25) is 0 Å². The molecule has 0 saturated heterocycles. The molecule has 4 rings (SSSR count). The normalized spacial score (nSPS) is 14.8. The second-order valence-electron chi connectivity index (χ2n) is 6.96. The number of ether oxygens (including phenoxy) is 1. The Morgan fingerprint density at radius 1 is 1.00 bits per heavy atom. The Kier molecular flexibility index (Phi) is 6.31. The summed E-state index contributed by atoms with van der Waals surface area (Å²) in [6, 6.07) is 21.7. The number of aliphatic imine (C=N–C) groups is 1. The summed E-state index contributed by atoms with van der Waals surface area (Å²) in [7, 11) is 0. The molecule has 156 valence electrons. The third kappa shape index (κ3) is 4.93. The standard InChI is InChI=1S/C25H21FN2O2Se/c1-3-30-21-12-6-18(7-13-21)16-23-24(29)28(20-10-8-19(26)9-11-20)25(27-23)31-22-14-4-17(2)5-15-22/h4-16H,3H2,1-2H3/b23-16-. The van der Waals surface area contributed by atoms with Crippen molar-refractivity contribution in [1.29, 1.82) is 0 Å². The van der Waals surface area contributed by atoms with Crippen LogP contribution in [-0.4, -0.2) is 32.2 Å². The van der Waals surface area contributed by atoms with Crippen molar-refractivity contribution in [2.75, 3.05) is 11.5 Å². The molecule has 6 heteroatoms. The van der Waals surface area contributed by atoms with Gasteiger partial charge in [-0.3, -0.25) is 0 Å². The topological polar surface area (TPSA) is 41.9 Å². The monoisotopic (exact) mass is 480 g/mol. The van der Waals surface area contributed by atoms with Crippen LogP contribution in [0, 0.1) is 12.7 Å². The zero-order valence-electron chi connectivity index (χ0n) is 17.2. The van der Waals surface area contributed by atoms with Crippen LogP contribution in [0.3, 0.4) is 0 Å². The van der Waals surface area contributed by atoms with Gasteiger partial charge in [-0.25, -0.2) is 0 Å². The van der Waals surface area contributed by atoms with Crippen LogP contribution in [0.1, 0.15) is 18.1 Å². The Bertz CT molecular complexity index is 1140. The van der Waals surface area contributed by atoms with Gasteiger partial charge >= 0.3 is 187 Å². The predicted molar refractivity (Wildman–Crippen MR) is 123 cm³/mol. The fraction of sp³-hybridized carbons (Fsp3) is 0.120. The Morgan fingerprint density at radius 2 is 1.68 bits per heavy atom. The van der Waals surface area contributed by atoms with Gasteiger partial charge in [-0.15, -0.1) is 0 Å². The number of rotatable bonds is 6. The number of amides is 1. The number of aryl methyl sites for hydroxylation is 1. The molecule has 3 aromatic rings. The number of amidine groups is 1. The molecule has 0 N–H and O–H groups in total. The van der Waals surface area contributed by atoms with Gasteiger partial charge in [-0.2, -0.15) is 0 Å². The maximum atomic E-state index is 13.5. The van der Waals surface area contributed by atoms with E-state index in [-0.39, 0.29) is 26.7 Å². The number of hydrogen-bond donors (Lipinski definition) is 0. The Balaban J connectivity index is 1.68. The van der Waals surface area contributed by atoms with E-state index in [4.69, 9.17) is 4.74 Å². The molecular formula is C25H21FN2O2Se. The second-order valence-corrected chi connectivity index (χ2v) is 9.14. The van der Waals surface area contributed by atoms with E-state index in [0.717, 1.165) is 15.8 Å². The van der Waals surface area contributed by atoms with Gasteiger partial charge in [0, 0.05) is 0 Å². The molecule has 1 amide bonds. The Labute approximate surface area is 187 Å². The van der Waals surface area contributed by atoms with Gasteiger partial charge in [-0.1, -0.05) is 0 Å². The van der Waals surface area contributed by atoms with E-state index < -0.39 is 0 Å².